The molecule has 0 fully saturated rings. The van der Waals surface area contributed by atoms with E-state index in [1.54, 1.807) is 31.2 Å². The lowest BCUT2D eigenvalue weighted by Gasteiger charge is -2.15. The fraction of sp³-hybridized carbons (Fsp3) is 0.0952. The van der Waals surface area contributed by atoms with Crippen LogP contribution < -0.4 is 10.0 Å². The summed E-state index contributed by atoms with van der Waals surface area (Å²) < 4.78 is 55.0. The zero-order valence-electron chi connectivity index (χ0n) is 15.4. The number of amides is 1. The quantitative estimate of drug-likeness (QED) is 0.631. The van der Waals surface area contributed by atoms with E-state index >= 15 is 0 Å². The van der Waals surface area contributed by atoms with Crippen LogP contribution in [-0.4, -0.2) is 14.3 Å². The van der Waals surface area contributed by atoms with Crippen LogP contribution in [-0.2, 0) is 10.0 Å². The van der Waals surface area contributed by atoms with Gasteiger partial charge in [0.15, 0.2) is 0 Å². The molecule has 0 aromatic heterocycles. The Kier molecular flexibility index (Phi) is 6.05. The fourth-order valence-corrected chi connectivity index (χ4v) is 3.91. The average molecular weight is 416 g/mol. The van der Waals surface area contributed by atoms with Crippen molar-refractivity contribution >= 4 is 21.6 Å². The predicted octanol–water partition coefficient (Wildman–Crippen LogP) is 4.26. The molecule has 0 saturated carbocycles. The molecule has 0 aliphatic carbocycles. The first-order valence-electron chi connectivity index (χ1n) is 8.70. The molecule has 0 aliphatic rings. The summed E-state index contributed by atoms with van der Waals surface area (Å²) in [7, 11) is -3.98. The molecular formula is C21H18F2N2O3S. The minimum absolute atomic E-state index is 0.140. The van der Waals surface area contributed by atoms with Crippen molar-refractivity contribution in [2.24, 2.45) is 0 Å². The Morgan fingerprint density at radius 3 is 2.21 bits per heavy atom. The summed E-state index contributed by atoms with van der Waals surface area (Å²) in [6.07, 6.45) is 0. The van der Waals surface area contributed by atoms with Gasteiger partial charge in [0, 0.05) is 11.6 Å². The molecule has 3 rings (SSSR count). The summed E-state index contributed by atoms with van der Waals surface area (Å²) in [5.41, 5.74) is 0.718. The lowest BCUT2D eigenvalue weighted by atomic mass is 10.1. The van der Waals surface area contributed by atoms with E-state index in [1.807, 2.05) is 6.07 Å². The molecule has 29 heavy (non-hydrogen) atoms. The molecule has 1 amide bonds. The van der Waals surface area contributed by atoms with Gasteiger partial charge >= 0.3 is 0 Å². The summed E-state index contributed by atoms with van der Waals surface area (Å²) in [6.45, 7) is 1.68. The lowest BCUT2D eigenvalue weighted by molar-refractivity contribution is 0.102. The van der Waals surface area contributed by atoms with Crippen molar-refractivity contribution in [1.29, 1.82) is 0 Å². The van der Waals surface area contributed by atoms with Gasteiger partial charge in [-0.2, -0.15) is 0 Å². The van der Waals surface area contributed by atoms with Crippen LogP contribution >= 0.6 is 0 Å². The molecule has 0 heterocycles. The molecule has 5 nitrogen and oxygen atoms in total. The standard InChI is InChI=1S/C21H18F2N2O3S/c1-14(15-5-3-2-4-6-15)25-29(27,28)18-11-12-20(19(23)13-18)24-21(26)16-7-9-17(22)10-8-16/h2-14,25H,1H3,(H,24,26). The zero-order chi connectivity index (χ0) is 21.0. The summed E-state index contributed by atoms with van der Waals surface area (Å²) in [5, 5.41) is 2.34. The topological polar surface area (TPSA) is 75.3 Å². The van der Waals surface area contributed by atoms with Gasteiger partial charge in [-0.1, -0.05) is 30.3 Å². The minimum atomic E-state index is -3.98. The number of hydrogen-bond acceptors (Lipinski definition) is 3. The maximum absolute atomic E-state index is 14.4. The van der Waals surface area contributed by atoms with Gasteiger partial charge in [-0.15, -0.1) is 0 Å². The Balaban J connectivity index is 1.76. The van der Waals surface area contributed by atoms with Crippen molar-refractivity contribution in [2.75, 3.05) is 5.32 Å². The van der Waals surface area contributed by atoms with Gasteiger partial charge in [0.2, 0.25) is 10.0 Å². The van der Waals surface area contributed by atoms with Crippen molar-refractivity contribution in [3.8, 4) is 0 Å². The first-order valence-corrected chi connectivity index (χ1v) is 10.2. The van der Waals surface area contributed by atoms with Crippen LogP contribution in [0, 0.1) is 11.6 Å². The van der Waals surface area contributed by atoms with Crippen LogP contribution in [0.1, 0.15) is 28.9 Å². The molecule has 0 aliphatic heterocycles. The predicted molar refractivity (Wildman–Crippen MR) is 106 cm³/mol. The van der Waals surface area contributed by atoms with Crippen molar-refractivity contribution in [1.82, 2.24) is 4.72 Å². The molecule has 3 aromatic rings. The minimum Gasteiger partial charge on any atom is -0.319 e. The molecular weight excluding hydrogens is 398 g/mol. The molecule has 0 radical (unpaired) electrons. The highest BCUT2D eigenvalue weighted by molar-refractivity contribution is 7.89. The number of rotatable bonds is 6. The first-order chi connectivity index (χ1) is 13.8. The number of hydrogen-bond donors (Lipinski definition) is 2. The molecule has 2 N–H and O–H groups in total. The number of nitrogens with one attached hydrogen (secondary N) is 2. The van der Waals surface area contributed by atoms with E-state index in [9.17, 15) is 22.0 Å². The third-order valence-corrected chi connectivity index (χ3v) is 5.78. The third-order valence-electron chi connectivity index (χ3n) is 4.24. The van der Waals surface area contributed by atoms with Crippen LogP contribution in [0.5, 0.6) is 0 Å². The Hall–Kier alpha value is -3.10. The molecule has 1 atom stereocenters. The molecule has 0 saturated heterocycles. The van der Waals surface area contributed by atoms with Crippen molar-refractivity contribution < 1.29 is 22.0 Å². The van der Waals surface area contributed by atoms with E-state index in [2.05, 4.69) is 10.0 Å². The second kappa shape index (κ2) is 8.50. The highest BCUT2D eigenvalue weighted by atomic mass is 32.2. The zero-order valence-corrected chi connectivity index (χ0v) is 16.2. The lowest BCUT2D eigenvalue weighted by Crippen LogP contribution is -2.27. The van der Waals surface area contributed by atoms with Crippen LogP contribution in [0.25, 0.3) is 0 Å². The van der Waals surface area contributed by atoms with E-state index in [0.717, 1.165) is 23.8 Å². The maximum Gasteiger partial charge on any atom is 0.255 e. The van der Waals surface area contributed by atoms with Gasteiger partial charge in [-0.05, 0) is 55.0 Å². The van der Waals surface area contributed by atoms with Crippen molar-refractivity contribution in [3.05, 3.63) is 95.6 Å². The van der Waals surface area contributed by atoms with E-state index in [1.165, 1.54) is 24.3 Å². The number of carbonyl (C=O) groups excluding carboxylic acids is 1. The average Bonchev–Trinajstić information content (AvgIpc) is 2.70. The van der Waals surface area contributed by atoms with Gasteiger partial charge in [0.25, 0.3) is 5.91 Å². The summed E-state index contributed by atoms with van der Waals surface area (Å²) in [5.74, 6) is -2.05. The second-order valence-electron chi connectivity index (χ2n) is 6.36. The van der Waals surface area contributed by atoms with E-state index in [4.69, 9.17) is 0 Å². The number of benzene rings is 3. The largest absolute Gasteiger partial charge is 0.319 e. The Labute approximate surface area is 167 Å². The van der Waals surface area contributed by atoms with Gasteiger partial charge in [-0.3, -0.25) is 4.79 Å². The summed E-state index contributed by atoms with van der Waals surface area (Å²) >= 11 is 0. The molecule has 1 unspecified atom stereocenters. The Bertz CT molecular complexity index is 1120. The molecule has 0 bridgehead atoms. The molecule has 8 heteroatoms. The van der Waals surface area contributed by atoms with Crippen LogP contribution in [0.15, 0.2) is 77.7 Å². The smallest absolute Gasteiger partial charge is 0.255 e. The van der Waals surface area contributed by atoms with Crippen LogP contribution in [0.3, 0.4) is 0 Å². The van der Waals surface area contributed by atoms with Crippen molar-refractivity contribution in [3.63, 3.8) is 0 Å². The number of anilines is 1. The summed E-state index contributed by atoms with van der Waals surface area (Å²) in [4.78, 5) is 11.9. The molecule has 150 valence electrons. The normalized spacial score (nSPS) is 12.4. The molecule has 0 spiro atoms. The summed E-state index contributed by atoms with van der Waals surface area (Å²) in [6, 6.07) is 16.4. The number of carbonyl (C=O) groups is 1. The van der Waals surface area contributed by atoms with Crippen LogP contribution in [0.2, 0.25) is 0 Å². The number of halogens is 2. The third kappa shape index (κ3) is 5.04. The van der Waals surface area contributed by atoms with Gasteiger partial charge in [-0.25, -0.2) is 21.9 Å². The Morgan fingerprint density at radius 2 is 1.59 bits per heavy atom. The van der Waals surface area contributed by atoms with E-state index < -0.39 is 33.6 Å². The maximum atomic E-state index is 14.4. The van der Waals surface area contributed by atoms with E-state index in [0.29, 0.717) is 0 Å². The Morgan fingerprint density at radius 1 is 0.931 bits per heavy atom. The highest BCUT2D eigenvalue weighted by Crippen LogP contribution is 2.22. The molecule has 3 aromatic carbocycles. The fourth-order valence-electron chi connectivity index (χ4n) is 2.67. The van der Waals surface area contributed by atoms with E-state index in [-0.39, 0.29) is 16.1 Å². The first kappa shape index (κ1) is 20.6. The van der Waals surface area contributed by atoms with Crippen LogP contribution in [0.4, 0.5) is 14.5 Å². The van der Waals surface area contributed by atoms with Crippen molar-refractivity contribution in [2.45, 2.75) is 17.9 Å². The van der Waals surface area contributed by atoms with Gasteiger partial charge < -0.3 is 5.32 Å². The number of sulfonamides is 1. The SMILES string of the molecule is CC(NS(=O)(=O)c1ccc(NC(=O)c2ccc(F)cc2)c(F)c1)c1ccccc1. The van der Waals surface area contributed by atoms with Gasteiger partial charge in [0.05, 0.1) is 10.6 Å². The second-order valence-corrected chi connectivity index (χ2v) is 8.07. The van der Waals surface area contributed by atoms with Gasteiger partial charge in [0.1, 0.15) is 11.6 Å². The highest BCUT2D eigenvalue weighted by Gasteiger charge is 2.20. The monoisotopic (exact) mass is 416 g/mol.